The van der Waals surface area contributed by atoms with Crippen LogP contribution in [-0.4, -0.2) is 29.2 Å². The molecule has 0 saturated carbocycles. The van der Waals surface area contributed by atoms with Crippen molar-refractivity contribution in [2.24, 2.45) is 5.92 Å². The predicted octanol–water partition coefficient (Wildman–Crippen LogP) is 1.72. The van der Waals surface area contributed by atoms with Crippen LogP contribution in [0.25, 0.3) is 0 Å². The molecular weight excluding hydrogens is 364 g/mol. The van der Waals surface area contributed by atoms with E-state index in [4.69, 9.17) is 0 Å². The second-order valence-electron chi connectivity index (χ2n) is 6.44. The number of hydrogen-bond acceptors (Lipinski definition) is 5. The lowest BCUT2D eigenvalue weighted by molar-refractivity contribution is -0.385. The molecule has 9 heteroatoms. The van der Waals surface area contributed by atoms with E-state index in [1.54, 1.807) is 49.4 Å². The van der Waals surface area contributed by atoms with Gasteiger partial charge in [0.05, 0.1) is 16.5 Å². The van der Waals surface area contributed by atoms with Crippen LogP contribution in [-0.2, 0) is 9.59 Å². The van der Waals surface area contributed by atoms with Crippen LogP contribution in [0.3, 0.4) is 0 Å². The number of hydrazine groups is 1. The van der Waals surface area contributed by atoms with Crippen molar-refractivity contribution >= 4 is 29.1 Å². The van der Waals surface area contributed by atoms with Gasteiger partial charge in [-0.15, -0.1) is 0 Å². The third-order valence-electron chi connectivity index (χ3n) is 4.53. The average molecular weight is 382 g/mol. The van der Waals surface area contributed by atoms with Crippen molar-refractivity contribution in [3.63, 3.8) is 0 Å². The Hall–Kier alpha value is -3.75. The van der Waals surface area contributed by atoms with Crippen molar-refractivity contribution < 1.29 is 19.3 Å². The normalized spacial score (nSPS) is 16.0. The summed E-state index contributed by atoms with van der Waals surface area (Å²) >= 11 is 0. The van der Waals surface area contributed by atoms with Crippen LogP contribution in [0, 0.1) is 23.0 Å². The first-order valence-corrected chi connectivity index (χ1v) is 8.57. The third kappa shape index (κ3) is 3.98. The summed E-state index contributed by atoms with van der Waals surface area (Å²) < 4.78 is 0. The summed E-state index contributed by atoms with van der Waals surface area (Å²) in [6.07, 6.45) is -0.0469. The number of aryl methyl sites for hydroxylation is 1. The molecular formula is C19H18N4O5. The minimum Gasteiger partial charge on any atom is -0.311 e. The van der Waals surface area contributed by atoms with Gasteiger partial charge >= 0.3 is 0 Å². The minimum absolute atomic E-state index is 0.0469. The summed E-state index contributed by atoms with van der Waals surface area (Å²) in [5.74, 6) is -1.96. The van der Waals surface area contributed by atoms with E-state index in [1.165, 1.54) is 11.0 Å². The number of carbonyl (C=O) groups excluding carboxylic acids is 3. The maximum atomic E-state index is 12.3. The lowest BCUT2D eigenvalue weighted by Gasteiger charge is -2.17. The molecule has 0 bridgehead atoms. The first-order valence-electron chi connectivity index (χ1n) is 8.57. The first kappa shape index (κ1) is 19.0. The zero-order chi connectivity index (χ0) is 20.3. The lowest BCUT2D eigenvalue weighted by Crippen LogP contribution is -2.45. The molecule has 1 atom stereocenters. The Morgan fingerprint density at radius 1 is 1.14 bits per heavy atom. The average Bonchev–Trinajstić information content (AvgIpc) is 3.08. The maximum Gasteiger partial charge on any atom is 0.274 e. The van der Waals surface area contributed by atoms with Gasteiger partial charge in [0.25, 0.3) is 11.6 Å². The van der Waals surface area contributed by atoms with Gasteiger partial charge in [0, 0.05) is 30.2 Å². The van der Waals surface area contributed by atoms with E-state index >= 15 is 0 Å². The number of nitrogens with zero attached hydrogens (tertiary/aromatic N) is 2. The molecule has 1 aliphatic heterocycles. The van der Waals surface area contributed by atoms with Crippen LogP contribution < -0.4 is 15.8 Å². The van der Waals surface area contributed by atoms with Crippen molar-refractivity contribution in [2.75, 3.05) is 11.4 Å². The SMILES string of the molecule is Cc1ccc(N2C[C@H](C(=O)NNC(=O)c3ccccc3)CC2=O)cc1[N+](=O)[O-]. The van der Waals surface area contributed by atoms with Gasteiger partial charge in [-0.05, 0) is 25.1 Å². The van der Waals surface area contributed by atoms with Crippen molar-refractivity contribution in [2.45, 2.75) is 13.3 Å². The Balaban J connectivity index is 1.64. The van der Waals surface area contributed by atoms with E-state index in [9.17, 15) is 24.5 Å². The maximum absolute atomic E-state index is 12.3. The second kappa shape index (κ2) is 7.87. The summed E-state index contributed by atoms with van der Waals surface area (Å²) in [6, 6.07) is 12.9. The van der Waals surface area contributed by atoms with Crippen molar-refractivity contribution in [1.82, 2.24) is 10.9 Å². The largest absolute Gasteiger partial charge is 0.311 e. The zero-order valence-electron chi connectivity index (χ0n) is 15.0. The number of nitro groups is 1. The highest BCUT2D eigenvalue weighted by molar-refractivity contribution is 6.01. The molecule has 1 heterocycles. The molecule has 0 spiro atoms. The Morgan fingerprint density at radius 3 is 2.54 bits per heavy atom. The molecule has 1 aliphatic rings. The molecule has 144 valence electrons. The Morgan fingerprint density at radius 2 is 1.86 bits per heavy atom. The van der Waals surface area contributed by atoms with Crippen molar-refractivity contribution in [3.05, 3.63) is 69.8 Å². The third-order valence-corrected chi connectivity index (χ3v) is 4.53. The fourth-order valence-corrected chi connectivity index (χ4v) is 2.98. The fourth-order valence-electron chi connectivity index (χ4n) is 2.98. The molecule has 0 radical (unpaired) electrons. The van der Waals surface area contributed by atoms with Gasteiger partial charge in [-0.25, -0.2) is 0 Å². The van der Waals surface area contributed by atoms with E-state index in [0.29, 0.717) is 16.8 Å². The van der Waals surface area contributed by atoms with E-state index in [-0.39, 0.29) is 24.6 Å². The van der Waals surface area contributed by atoms with Crippen LogP contribution in [0.5, 0.6) is 0 Å². The Kier molecular flexibility index (Phi) is 5.35. The highest BCUT2D eigenvalue weighted by Gasteiger charge is 2.36. The van der Waals surface area contributed by atoms with E-state index in [1.807, 2.05) is 0 Å². The fraction of sp³-hybridized carbons (Fsp3) is 0.211. The van der Waals surface area contributed by atoms with Crippen molar-refractivity contribution in [1.29, 1.82) is 0 Å². The molecule has 2 aromatic carbocycles. The molecule has 2 N–H and O–H groups in total. The quantitative estimate of drug-likeness (QED) is 0.616. The highest BCUT2D eigenvalue weighted by atomic mass is 16.6. The van der Waals surface area contributed by atoms with E-state index < -0.39 is 22.7 Å². The second-order valence-corrected chi connectivity index (χ2v) is 6.44. The number of benzene rings is 2. The molecule has 9 nitrogen and oxygen atoms in total. The lowest BCUT2D eigenvalue weighted by atomic mass is 10.1. The van der Waals surface area contributed by atoms with Crippen LogP contribution in [0.15, 0.2) is 48.5 Å². The Bertz CT molecular complexity index is 945. The monoisotopic (exact) mass is 382 g/mol. The number of nitrogens with one attached hydrogen (secondary N) is 2. The van der Waals surface area contributed by atoms with Gasteiger partial charge in [-0.3, -0.25) is 35.3 Å². The molecule has 28 heavy (non-hydrogen) atoms. The zero-order valence-corrected chi connectivity index (χ0v) is 15.0. The summed E-state index contributed by atoms with van der Waals surface area (Å²) in [7, 11) is 0. The van der Waals surface area contributed by atoms with Crippen LogP contribution >= 0.6 is 0 Å². The summed E-state index contributed by atoms with van der Waals surface area (Å²) in [4.78, 5) is 48.5. The first-order chi connectivity index (χ1) is 13.4. The van der Waals surface area contributed by atoms with Crippen LogP contribution in [0.4, 0.5) is 11.4 Å². The summed E-state index contributed by atoms with van der Waals surface area (Å²) in [5.41, 5.74) is 5.80. The van der Waals surface area contributed by atoms with Gasteiger partial charge in [-0.1, -0.05) is 24.3 Å². The van der Waals surface area contributed by atoms with Crippen molar-refractivity contribution in [3.8, 4) is 0 Å². The summed E-state index contributed by atoms with van der Waals surface area (Å²) in [6.45, 7) is 1.69. The van der Waals surface area contributed by atoms with Crippen LogP contribution in [0.1, 0.15) is 22.3 Å². The van der Waals surface area contributed by atoms with Gasteiger partial charge in [0.1, 0.15) is 0 Å². The minimum atomic E-state index is -0.677. The molecule has 3 rings (SSSR count). The Labute approximate surface area is 160 Å². The molecule has 0 aliphatic carbocycles. The molecule has 2 aromatic rings. The number of hydrogen-bond donors (Lipinski definition) is 2. The number of rotatable bonds is 4. The standard InChI is InChI=1S/C19H18N4O5/c1-12-7-8-15(10-16(12)23(27)28)22-11-14(9-17(22)24)19(26)21-20-18(25)13-5-3-2-4-6-13/h2-8,10,14H,9,11H2,1H3,(H,20,25)(H,21,26)/t14-/m1/s1. The topological polar surface area (TPSA) is 122 Å². The van der Waals surface area contributed by atoms with E-state index in [2.05, 4.69) is 10.9 Å². The smallest absolute Gasteiger partial charge is 0.274 e. The number of amides is 3. The van der Waals surface area contributed by atoms with Crippen LogP contribution in [0.2, 0.25) is 0 Å². The summed E-state index contributed by atoms with van der Waals surface area (Å²) in [5, 5.41) is 11.1. The predicted molar refractivity (Wildman–Crippen MR) is 100 cm³/mol. The van der Waals surface area contributed by atoms with Gasteiger partial charge in [0.15, 0.2) is 0 Å². The molecule has 0 aromatic heterocycles. The number of nitro benzene ring substituents is 1. The van der Waals surface area contributed by atoms with Gasteiger partial charge in [0.2, 0.25) is 11.8 Å². The molecule has 0 unspecified atom stereocenters. The number of anilines is 1. The highest BCUT2D eigenvalue weighted by Crippen LogP contribution is 2.29. The number of carbonyl (C=O) groups is 3. The molecule has 1 fully saturated rings. The van der Waals surface area contributed by atoms with E-state index in [0.717, 1.165) is 0 Å². The molecule has 1 saturated heterocycles. The van der Waals surface area contributed by atoms with Gasteiger partial charge < -0.3 is 4.90 Å². The van der Waals surface area contributed by atoms with Gasteiger partial charge in [-0.2, -0.15) is 0 Å². The molecule has 3 amide bonds.